The van der Waals surface area contributed by atoms with Crippen LogP contribution in [0.1, 0.15) is 18.3 Å². The number of benzene rings is 1. The van der Waals surface area contributed by atoms with Crippen molar-refractivity contribution in [1.29, 1.82) is 0 Å². The van der Waals surface area contributed by atoms with Gasteiger partial charge in [-0.25, -0.2) is 17.8 Å². The molecule has 0 aliphatic carbocycles. The number of aromatic nitrogens is 4. The summed E-state index contributed by atoms with van der Waals surface area (Å²) < 4.78 is 52.9. The zero-order valence-corrected chi connectivity index (χ0v) is 18.4. The van der Waals surface area contributed by atoms with Gasteiger partial charge in [-0.15, -0.1) is 0 Å². The summed E-state index contributed by atoms with van der Waals surface area (Å²) in [6, 6.07) is 4.07. The summed E-state index contributed by atoms with van der Waals surface area (Å²) in [7, 11) is -0.812. The van der Waals surface area contributed by atoms with Crippen LogP contribution in [0.2, 0.25) is 0 Å². The Kier molecular flexibility index (Phi) is 5.80. The number of rotatable bonds is 6. The van der Waals surface area contributed by atoms with E-state index < -0.39 is 21.4 Å². The molecule has 31 heavy (non-hydrogen) atoms. The maximum absolute atomic E-state index is 14.4. The quantitative estimate of drug-likeness (QED) is 0.526. The van der Waals surface area contributed by atoms with E-state index >= 15 is 0 Å². The molecule has 3 heterocycles. The molecule has 0 saturated carbocycles. The van der Waals surface area contributed by atoms with Gasteiger partial charge in [0.25, 0.3) is 5.16 Å². The largest absolute Gasteiger partial charge is 0.497 e. The van der Waals surface area contributed by atoms with Gasteiger partial charge >= 0.3 is 0 Å². The van der Waals surface area contributed by atoms with Gasteiger partial charge in [-0.2, -0.15) is 9.97 Å². The Bertz CT molecular complexity index is 1220. The van der Waals surface area contributed by atoms with Crippen LogP contribution < -0.4 is 9.64 Å². The summed E-state index contributed by atoms with van der Waals surface area (Å²) in [5.41, 5.74) is 1.01. The normalized spacial score (nSPS) is 14.9. The molecule has 0 amide bonds. The van der Waals surface area contributed by atoms with Gasteiger partial charge in [0.05, 0.1) is 26.1 Å². The molecule has 0 radical (unpaired) electrons. The Balaban J connectivity index is 1.81. The summed E-state index contributed by atoms with van der Waals surface area (Å²) in [5.74, 6) is 0.320. The minimum atomic E-state index is -4.02. The maximum atomic E-state index is 14.4. The highest BCUT2D eigenvalue weighted by molar-refractivity contribution is 7.90. The van der Waals surface area contributed by atoms with Crippen LogP contribution >= 0.6 is 0 Å². The number of methoxy groups -OCH3 is 1. The minimum Gasteiger partial charge on any atom is -0.497 e. The van der Waals surface area contributed by atoms with E-state index in [1.807, 2.05) is 11.8 Å². The standard InChI is InChI=1S/C20H24FN5O4S/c1-4-16-22-17-18(25(16)2)23-20(24-19(17)26-7-9-30-10-8-26)31(27,28)12-13-5-6-14(29-3)11-15(13)21/h5-6,11H,4,7-10,12H2,1-3H3. The molecule has 0 N–H and O–H groups in total. The van der Waals surface area contributed by atoms with Gasteiger partial charge < -0.3 is 18.9 Å². The van der Waals surface area contributed by atoms with Crippen LogP contribution in [0.4, 0.5) is 10.2 Å². The molecule has 1 saturated heterocycles. The fourth-order valence-corrected chi connectivity index (χ4v) is 4.79. The van der Waals surface area contributed by atoms with Gasteiger partial charge in [0.15, 0.2) is 17.0 Å². The first-order valence-corrected chi connectivity index (χ1v) is 11.6. The van der Waals surface area contributed by atoms with E-state index in [1.54, 1.807) is 11.6 Å². The molecule has 11 heteroatoms. The summed E-state index contributed by atoms with van der Waals surface area (Å²) in [4.78, 5) is 15.3. The van der Waals surface area contributed by atoms with Crippen LogP contribution in [-0.4, -0.2) is 61.3 Å². The van der Waals surface area contributed by atoms with Crippen molar-refractivity contribution in [3.05, 3.63) is 35.4 Å². The van der Waals surface area contributed by atoms with Gasteiger partial charge in [-0.1, -0.05) is 13.0 Å². The van der Waals surface area contributed by atoms with Crippen LogP contribution in [0.3, 0.4) is 0 Å². The fourth-order valence-electron chi connectivity index (χ4n) is 3.56. The van der Waals surface area contributed by atoms with Gasteiger partial charge in [-0.05, 0) is 6.07 Å². The highest BCUT2D eigenvalue weighted by atomic mass is 32.2. The van der Waals surface area contributed by atoms with Crippen molar-refractivity contribution >= 4 is 26.8 Å². The van der Waals surface area contributed by atoms with Crippen molar-refractivity contribution in [3.63, 3.8) is 0 Å². The molecular formula is C20H24FN5O4S. The molecule has 0 unspecified atom stereocenters. The minimum absolute atomic E-state index is 0.0247. The number of hydrogen-bond donors (Lipinski definition) is 0. The van der Waals surface area contributed by atoms with Gasteiger partial charge in [0.2, 0.25) is 9.84 Å². The van der Waals surface area contributed by atoms with Crippen molar-refractivity contribution in [2.75, 3.05) is 38.3 Å². The predicted octanol–water partition coefficient (Wildman–Crippen LogP) is 1.88. The van der Waals surface area contributed by atoms with E-state index in [4.69, 9.17) is 9.47 Å². The number of halogens is 1. The number of morpholine rings is 1. The number of fused-ring (bicyclic) bond motifs is 1. The van der Waals surface area contributed by atoms with Crippen molar-refractivity contribution in [2.45, 2.75) is 24.3 Å². The maximum Gasteiger partial charge on any atom is 0.251 e. The molecule has 3 aromatic rings. The van der Waals surface area contributed by atoms with Crippen LogP contribution in [0.15, 0.2) is 23.4 Å². The van der Waals surface area contributed by atoms with E-state index in [1.165, 1.54) is 19.2 Å². The lowest BCUT2D eigenvalue weighted by atomic mass is 10.2. The lowest BCUT2D eigenvalue weighted by Gasteiger charge is -2.28. The van der Waals surface area contributed by atoms with E-state index in [0.29, 0.717) is 55.5 Å². The smallest absolute Gasteiger partial charge is 0.251 e. The van der Waals surface area contributed by atoms with Gasteiger partial charge in [0.1, 0.15) is 17.4 Å². The van der Waals surface area contributed by atoms with Crippen molar-refractivity contribution in [3.8, 4) is 5.75 Å². The van der Waals surface area contributed by atoms with Crippen molar-refractivity contribution < 1.29 is 22.3 Å². The van der Waals surface area contributed by atoms with Gasteiger partial charge in [-0.3, -0.25) is 0 Å². The molecule has 1 fully saturated rings. The third-order valence-electron chi connectivity index (χ3n) is 5.28. The lowest BCUT2D eigenvalue weighted by Crippen LogP contribution is -2.37. The number of sulfone groups is 1. The highest BCUT2D eigenvalue weighted by Gasteiger charge is 2.27. The van der Waals surface area contributed by atoms with E-state index in [-0.39, 0.29) is 10.7 Å². The van der Waals surface area contributed by atoms with E-state index in [0.717, 1.165) is 11.9 Å². The Labute approximate surface area is 179 Å². The number of nitrogens with zero attached hydrogens (tertiary/aromatic N) is 5. The van der Waals surface area contributed by atoms with E-state index in [2.05, 4.69) is 15.0 Å². The first-order chi connectivity index (χ1) is 14.8. The Morgan fingerprint density at radius 3 is 2.58 bits per heavy atom. The molecule has 0 atom stereocenters. The van der Waals surface area contributed by atoms with Crippen LogP contribution in [0, 0.1) is 5.82 Å². The summed E-state index contributed by atoms with van der Waals surface area (Å²) >= 11 is 0. The van der Waals surface area contributed by atoms with E-state index in [9.17, 15) is 12.8 Å². The first-order valence-electron chi connectivity index (χ1n) is 9.95. The molecular weight excluding hydrogens is 425 g/mol. The molecule has 1 aliphatic rings. The summed E-state index contributed by atoms with van der Waals surface area (Å²) in [5, 5.41) is -0.345. The summed E-state index contributed by atoms with van der Waals surface area (Å²) in [6.45, 7) is 4.12. The molecule has 1 aliphatic heterocycles. The second-order valence-electron chi connectivity index (χ2n) is 7.26. The number of aryl methyl sites for hydroxylation is 2. The van der Waals surface area contributed by atoms with Crippen molar-refractivity contribution in [2.24, 2.45) is 7.05 Å². The summed E-state index contributed by atoms with van der Waals surface area (Å²) in [6.07, 6.45) is 0.661. The number of imidazole rings is 1. The van der Waals surface area contributed by atoms with Crippen LogP contribution in [-0.2, 0) is 33.8 Å². The Hall–Kier alpha value is -2.79. The molecule has 166 valence electrons. The molecule has 1 aromatic carbocycles. The van der Waals surface area contributed by atoms with Crippen LogP contribution in [0.5, 0.6) is 5.75 Å². The second kappa shape index (κ2) is 8.39. The Morgan fingerprint density at radius 2 is 1.94 bits per heavy atom. The predicted molar refractivity (Wildman–Crippen MR) is 113 cm³/mol. The third kappa shape index (κ3) is 4.07. The van der Waals surface area contributed by atoms with Crippen molar-refractivity contribution in [1.82, 2.24) is 19.5 Å². The molecule has 4 rings (SSSR count). The zero-order valence-electron chi connectivity index (χ0n) is 17.6. The van der Waals surface area contributed by atoms with Gasteiger partial charge in [0, 0.05) is 38.2 Å². The number of ether oxygens (including phenoxy) is 2. The van der Waals surface area contributed by atoms with Crippen LogP contribution in [0.25, 0.3) is 11.2 Å². The SMILES string of the molecule is CCc1nc2c(N3CCOCC3)nc(S(=O)(=O)Cc3ccc(OC)cc3F)nc2n1C. The monoisotopic (exact) mass is 449 g/mol. The average molecular weight is 450 g/mol. The molecule has 9 nitrogen and oxygen atoms in total. The topological polar surface area (TPSA) is 99.4 Å². The first kappa shape index (κ1) is 21.4. The third-order valence-corrected chi connectivity index (χ3v) is 6.71. The molecule has 2 aromatic heterocycles. The number of hydrogen-bond acceptors (Lipinski definition) is 8. The lowest BCUT2D eigenvalue weighted by molar-refractivity contribution is 0.122. The average Bonchev–Trinajstić information content (AvgIpc) is 3.10. The molecule has 0 bridgehead atoms. The number of anilines is 1. The fraction of sp³-hybridized carbons (Fsp3) is 0.450. The second-order valence-corrected chi connectivity index (χ2v) is 9.14. The zero-order chi connectivity index (χ0) is 22.2. The molecule has 0 spiro atoms. The Morgan fingerprint density at radius 1 is 1.19 bits per heavy atom. The highest BCUT2D eigenvalue weighted by Crippen LogP contribution is 2.28.